The van der Waals surface area contributed by atoms with Crippen molar-refractivity contribution in [2.45, 2.75) is 6.42 Å². The van der Waals surface area contributed by atoms with Gasteiger partial charge in [-0.05, 0) is 24.3 Å². The van der Waals surface area contributed by atoms with E-state index in [4.69, 9.17) is 8.83 Å². The Morgan fingerprint density at radius 2 is 2.10 bits per heavy atom. The van der Waals surface area contributed by atoms with Crippen LogP contribution in [-0.4, -0.2) is 32.6 Å². The number of fused-ring (bicyclic) bond motifs is 1. The number of hydrogen-bond donors (Lipinski definition) is 2. The molecule has 5 rings (SSSR count). The number of H-pyrrole nitrogens is 1. The van der Waals surface area contributed by atoms with Gasteiger partial charge in [0.15, 0.2) is 5.76 Å². The maximum Gasteiger partial charge on any atom is 0.283 e. The van der Waals surface area contributed by atoms with Crippen LogP contribution < -0.4 is 5.32 Å². The average Bonchev–Trinajstić information content (AvgIpc) is 3.54. The summed E-state index contributed by atoms with van der Waals surface area (Å²) in [5, 5.41) is 14.3. The topological polar surface area (TPSA) is 110 Å². The van der Waals surface area contributed by atoms with Crippen LogP contribution in [-0.2, 0) is 6.42 Å². The summed E-state index contributed by atoms with van der Waals surface area (Å²) >= 11 is 1.42. The summed E-state index contributed by atoms with van der Waals surface area (Å²) in [6, 6.07) is 13.5. The number of carbonyl (C=O) groups excluding carboxylic acids is 1. The first kappa shape index (κ1) is 17.4. The molecule has 0 radical (unpaired) electrons. The third kappa shape index (κ3) is 3.55. The number of para-hydroxylation sites is 1. The van der Waals surface area contributed by atoms with E-state index in [-0.39, 0.29) is 5.91 Å². The number of nitrogens with zero attached hydrogens (tertiary/aromatic N) is 3. The number of amides is 1. The maximum atomic E-state index is 12.4. The van der Waals surface area contributed by atoms with E-state index in [9.17, 15) is 4.79 Å². The predicted molar refractivity (Wildman–Crippen MR) is 107 cm³/mol. The zero-order valence-electron chi connectivity index (χ0n) is 15.1. The summed E-state index contributed by atoms with van der Waals surface area (Å²) in [7, 11) is 0. The molecule has 29 heavy (non-hydrogen) atoms. The molecule has 0 aliphatic carbocycles. The molecular weight excluding hydrogens is 390 g/mol. The number of furan rings is 1. The Bertz CT molecular complexity index is 1240. The highest BCUT2D eigenvalue weighted by Crippen LogP contribution is 2.26. The van der Waals surface area contributed by atoms with Crippen LogP contribution in [0.15, 0.2) is 62.9 Å². The Morgan fingerprint density at radius 3 is 2.97 bits per heavy atom. The fourth-order valence-electron chi connectivity index (χ4n) is 2.92. The lowest BCUT2D eigenvalue weighted by Crippen LogP contribution is -2.26. The Morgan fingerprint density at radius 1 is 1.17 bits per heavy atom. The van der Waals surface area contributed by atoms with Gasteiger partial charge in [-0.1, -0.05) is 18.2 Å². The first-order valence-electron chi connectivity index (χ1n) is 8.94. The molecule has 0 bridgehead atoms. The van der Waals surface area contributed by atoms with Gasteiger partial charge in [-0.25, -0.2) is 4.98 Å². The van der Waals surface area contributed by atoms with E-state index in [1.807, 2.05) is 30.3 Å². The number of carbonyl (C=O) groups is 1. The molecule has 144 valence electrons. The Balaban J connectivity index is 1.20. The summed E-state index contributed by atoms with van der Waals surface area (Å²) in [4.78, 5) is 20.2. The number of aromatic amines is 1. The summed E-state index contributed by atoms with van der Waals surface area (Å²) in [5.41, 5.74) is 2.31. The second-order valence-corrected chi connectivity index (χ2v) is 7.15. The quantitative estimate of drug-likeness (QED) is 0.443. The van der Waals surface area contributed by atoms with Gasteiger partial charge in [0.05, 0.1) is 12.0 Å². The Kier molecular flexibility index (Phi) is 4.41. The molecule has 0 unspecified atom stereocenters. The highest BCUT2D eigenvalue weighted by Gasteiger charge is 2.14. The van der Waals surface area contributed by atoms with Gasteiger partial charge in [-0.15, -0.1) is 21.5 Å². The molecule has 8 nitrogen and oxygen atoms in total. The van der Waals surface area contributed by atoms with Gasteiger partial charge < -0.3 is 19.1 Å². The summed E-state index contributed by atoms with van der Waals surface area (Å²) in [5.74, 6) is 1.02. The Labute approximate surface area is 168 Å². The molecule has 1 aromatic carbocycles. The zero-order chi connectivity index (χ0) is 19.6. The number of thiazole rings is 1. The minimum atomic E-state index is -0.241. The monoisotopic (exact) mass is 405 g/mol. The SMILES string of the molecule is O=C(NCCc1nnc(-c2ccco2)o1)c1csc(-c2cc3ccccc3[nH]2)n1. The second kappa shape index (κ2) is 7.36. The van der Waals surface area contributed by atoms with Gasteiger partial charge >= 0.3 is 0 Å². The van der Waals surface area contributed by atoms with E-state index in [0.717, 1.165) is 21.6 Å². The minimum absolute atomic E-state index is 0.241. The van der Waals surface area contributed by atoms with Crippen molar-refractivity contribution in [1.29, 1.82) is 0 Å². The van der Waals surface area contributed by atoms with Gasteiger partial charge in [0.1, 0.15) is 10.7 Å². The predicted octanol–water partition coefficient (Wildman–Crippen LogP) is 3.91. The molecule has 4 aromatic heterocycles. The van der Waals surface area contributed by atoms with Crippen molar-refractivity contribution in [3.05, 3.63) is 65.7 Å². The lowest BCUT2D eigenvalue weighted by atomic mass is 10.2. The Hall–Kier alpha value is -3.72. The van der Waals surface area contributed by atoms with E-state index in [2.05, 4.69) is 25.5 Å². The lowest BCUT2D eigenvalue weighted by molar-refractivity contribution is 0.0949. The number of aromatic nitrogens is 4. The fraction of sp³-hybridized carbons (Fsp3) is 0.100. The van der Waals surface area contributed by atoms with Crippen LogP contribution in [0.3, 0.4) is 0 Å². The van der Waals surface area contributed by atoms with Crippen LogP contribution in [0.5, 0.6) is 0 Å². The molecule has 0 atom stereocenters. The van der Waals surface area contributed by atoms with Crippen molar-refractivity contribution in [3.63, 3.8) is 0 Å². The van der Waals surface area contributed by atoms with Crippen molar-refractivity contribution in [1.82, 2.24) is 25.5 Å². The molecule has 0 aliphatic heterocycles. The van der Waals surface area contributed by atoms with Crippen molar-refractivity contribution in [3.8, 4) is 22.4 Å². The largest absolute Gasteiger partial charge is 0.459 e. The van der Waals surface area contributed by atoms with E-state index in [0.29, 0.717) is 36.2 Å². The fourth-order valence-corrected chi connectivity index (χ4v) is 3.69. The number of hydrogen-bond acceptors (Lipinski definition) is 7. The molecule has 4 heterocycles. The molecule has 0 fully saturated rings. The standard InChI is InChI=1S/C20H15N5O3S/c26-18(21-8-7-17-24-25-19(28-17)16-6-3-9-27-16)15-11-29-20(23-15)14-10-12-4-1-2-5-13(12)22-14/h1-6,9-11,22H,7-8H2,(H,21,26). The van der Waals surface area contributed by atoms with Gasteiger partial charge in [-0.2, -0.15) is 0 Å². The maximum absolute atomic E-state index is 12.4. The van der Waals surface area contributed by atoms with Crippen LogP contribution >= 0.6 is 11.3 Å². The third-order valence-corrected chi connectivity index (χ3v) is 5.20. The first-order valence-corrected chi connectivity index (χ1v) is 9.82. The molecule has 9 heteroatoms. The van der Waals surface area contributed by atoms with Crippen molar-refractivity contribution >= 4 is 28.1 Å². The van der Waals surface area contributed by atoms with Crippen molar-refractivity contribution in [2.75, 3.05) is 6.54 Å². The number of benzene rings is 1. The summed E-state index contributed by atoms with van der Waals surface area (Å²) in [6.45, 7) is 0.359. The lowest BCUT2D eigenvalue weighted by Gasteiger charge is -2.00. The first-order chi connectivity index (χ1) is 14.3. The zero-order valence-corrected chi connectivity index (χ0v) is 15.9. The van der Waals surface area contributed by atoms with Crippen molar-refractivity contribution < 1.29 is 13.6 Å². The molecule has 5 aromatic rings. The number of rotatable bonds is 6. The molecule has 0 saturated carbocycles. The van der Waals surface area contributed by atoms with Crippen LogP contribution in [0.1, 0.15) is 16.4 Å². The van der Waals surface area contributed by atoms with Crippen LogP contribution in [0.2, 0.25) is 0 Å². The van der Waals surface area contributed by atoms with E-state index >= 15 is 0 Å². The van der Waals surface area contributed by atoms with Gasteiger partial charge in [0, 0.05) is 29.2 Å². The van der Waals surface area contributed by atoms with Crippen LogP contribution in [0.4, 0.5) is 0 Å². The highest BCUT2D eigenvalue weighted by molar-refractivity contribution is 7.13. The van der Waals surface area contributed by atoms with Gasteiger partial charge in [0.2, 0.25) is 5.89 Å². The van der Waals surface area contributed by atoms with E-state index in [1.165, 1.54) is 17.6 Å². The average molecular weight is 405 g/mol. The summed E-state index contributed by atoms with van der Waals surface area (Å²) < 4.78 is 10.7. The summed E-state index contributed by atoms with van der Waals surface area (Å²) in [6.07, 6.45) is 1.95. The van der Waals surface area contributed by atoms with Gasteiger partial charge in [0.25, 0.3) is 11.8 Å². The molecule has 0 saturated heterocycles. The van der Waals surface area contributed by atoms with Gasteiger partial charge in [-0.3, -0.25) is 4.79 Å². The smallest absolute Gasteiger partial charge is 0.283 e. The minimum Gasteiger partial charge on any atom is -0.459 e. The second-order valence-electron chi connectivity index (χ2n) is 6.29. The molecule has 0 spiro atoms. The number of nitrogens with one attached hydrogen (secondary N) is 2. The molecular formula is C20H15N5O3S. The highest BCUT2D eigenvalue weighted by atomic mass is 32.1. The molecule has 0 aliphatic rings. The third-order valence-electron chi connectivity index (χ3n) is 4.32. The van der Waals surface area contributed by atoms with Crippen LogP contribution in [0.25, 0.3) is 33.3 Å². The van der Waals surface area contributed by atoms with Crippen molar-refractivity contribution in [2.24, 2.45) is 0 Å². The molecule has 2 N–H and O–H groups in total. The van der Waals surface area contributed by atoms with E-state index in [1.54, 1.807) is 17.5 Å². The van der Waals surface area contributed by atoms with Crippen LogP contribution in [0, 0.1) is 0 Å². The normalized spacial score (nSPS) is 11.2. The van der Waals surface area contributed by atoms with E-state index < -0.39 is 0 Å². The molecule has 1 amide bonds.